The van der Waals surface area contributed by atoms with Gasteiger partial charge in [0.2, 0.25) is 0 Å². The lowest BCUT2D eigenvalue weighted by molar-refractivity contribution is 0.132. The molecule has 0 saturated carbocycles. The SMILES string of the molecule is CCOc1ccc(OCCCN2C[C@H](C)C[C@H](C)C2)cc1. The van der Waals surface area contributed by atoms with Gasteiger partial charge in [0.15, 0.2) is 0 Å². The third kappa shape index (κ3) is 5.58. The summed E-state index contributed by atoms with van der Waals surface area (Å²) in [6.07, 6.45) is 2.46. The van der Waals surface area contributed by atoms with Gasteiger partial charge in [0.05, 0.1) is 13.2 Å². The topological polar surface area (TPSA) is 21.7 Å². The third-order valence-electron chi connectivity index (χ3n) is 3.97. The van der Waals surface area contributed by atoms with E-state index in [4.69, 9.17) is 9.47 Å². The van der Waals surface area contributed by atoms with Gasteiger partial charge in [-0.2, -0.15) is 0 Å². The Morgan fingerprint density at radius 1 is 1.00 bits per heavy atom. The number of nitrogens with zero attached hydrogens (tertiary/aromatic N) is 1. The van der Waals surface area contributed by atoms with Gasteiger partial charge in [-0.15, -0.1) is 0 Å². The smallest absolute Gasteiger partial charge is 0.119 e. The largest absolute Gasteiger partial charge is 0.494 e. The van der Waals surface area contributed by atoms with E-state index in [1.165, 1.54) is 19.5 Å². The van der Waals surface area contributed by atoms with E-state index in [9.17, 15) is 0 Å². The van der Waals surface area contributed by atoms with Crippen molar-refractivity contribution >= 4 is 0 Å². The maximum absolute atomic E-state index is 5.80. The molecular weight excluding hydrogens is 262 g/mol. The molecule has 118 valence electrons. The molecule has 1 aromatic rings. The Balaban J connectivity index is 1.65. The fourth-order valence-electron chi connectivity index (χ4n) is 3.25. The average molecular weight is 291 g/mol. The van der Waals surface area contributed by atoms with Gasteiger partial charge in [0.25, 0.3) is 0 Å². The van der Waals surface area contributed by atoms with E-state index in [1.54, 1.807) is 0 Å². The highest BCUT2D eigenvalue weighted by Gasteiger charge is 2.20. The Morgan fingerprint density at radius 2 is 1.57 bits per heavy atom. The Hall–Kier alpha value is -1.22. The second-order valence-electron chi connectivity index (χ2n) is 6.31. The van der Waals surface area contributed by atoms with Crippen LogP contribution in [0.25, 0.3) is 0 Å². The lowest BCUT2D eigenvalue weighted by atomic mass is 9.92. The maximum Gasteiger partial charge on any atom is 0.119 e. The third-order valence-corrected chi connectivity index (χ3v) is 3.97. The molecule has 1 heterocycles. The first-order chi connectivity index (χ1) is 10.2. The second-order valence-corrected chi connectivity index (χ2v) is 6.31. The van der Waals surface area contributed by atoms with Gasteiger partial charge in [-0.1, -0.05) is 13.8 Å². The van der Waals surface area contributed by atoms with Gasteiger partial charge in [-0.05, 0) is 55.9 Å². The molecule has 1 aromatic carbocycles. The molecule has 0 aliphatic carbocycles. The van der Waals surface area contributed by atoms with E-state index in [2.05, 4.69) is 18.7 Å². The minimum absolute atomic E-state index is 0.701. The van der Waals surface area contributed by atoms with Crippen molar-refractivity contribution in [3.63, 3.8) is 0 Å². The first-order valence-corrected chi connectivity index (χ1v) is 8.25. The quantitative estimate of drug-likeness (QED) is 0.713. The molecule has 1 saturated heterocycles. The van der Waals surface area contributed by atoms with Crippen LogP contribution in [-0.2, 0) is 0 Å². The number of rotatable bonds is 7. The van der Waals surface area contributed by atoms with Gasteiger partial charge >= 0.3 is 0 Å². The Morgan fingerprint density at radius 3 is 2.14 bits per heavy atom. The molecule has 21 heavy (non-hydrogen) atoms. The molecule has 0 bridgehead atoms. The second kappa shape index (κ2) is 8.28. The molecule has 1 aliphatic rings. The summed E-state index contributed by atoms with van der Waals surface area (Å²) in [6, 6.07) is 7.89. The van der Waals surface area contributed by atoms with Crippen molar-refractivity contribution in [3.8, 4) is 11.5 Å². The van der Waals surface area contributed by atoms with Gasteiger partial charge < -0.3 is 14.4 Å². The molecular formula is C18H29NO2. The average Bonchev–Trinajstić information content (AvgIpc) is 2.45. The number of likely N-dealkylation sites (tertiary alicyclic amines) is 1. The van der Waals surface area contributed by atoms with Crippen LogP contribution in [0.2, 0.25) is 0 Å². The summed E-state index contributed by atoms with van der Waals surface area (Å²) in [4.78, 5) is 2.58. The molecule has 0 unspecified atom stereocenters. The fraction of sp³-hybridized carbons (Fsp3) is 0.667. The monoisotopic (exact) mass is 291 g/mol. The molecule has 0 aromatic heterocycles. The highest BCUT2D eigenvalue weighted by atomic mass is 16.5. The maximum atomic E-state index is 5.80. The van der Waals surface area contributed by atoms with E-state index in [-0.39, 0.29) is 0 Å². The predicted molar refractivity (Wildman–Crippen MR) is 87.1 cm³/mol. The molecule has 0 N–H and O–H groups in total. The van der Waals surface area contributed by atoms with Crippen LogP contribution in [0.5, 0.6) is 11.5 Å². The molecule has 0 spiro atoms. The Labute approximate surface area is 129 Å². The van der Waals surface area contributed by atoms with E-state index in [0.29, 0.717) is 6.61 Å². The minimum Gasteiger partial charge on any atom is -0.494 e. The van der Waals surface area contributed by atoms with Gasteiger partial charge in [0.1, 0.15) is 11.5 Å². The molecule has 1 fully saturated rings. The highest BCUT2D eigenvalue weighted by Crippen LogP contribution is 2.21. The molecule has 0 amide bonds. The number of ether oxygens (including phenoxy) is 2. The van der Waals surface area contributed by atoms with Gasteiger partial charge in [0, 0.05) is 19.6 Å². The summed E-state index contributed by atoms with van der Waals surface area (Å²) >= 11 is 0. The van der Waals surface area contributed by atoms with Crippen molar-refractivity contribution in [3.05, 3.63) is 24.3 Å². The van der Waals surface area contributed by atoms with Crippen LogP contribution < -0.4 is 9.47 Å². The molecule has 3 nitrogen and oxygen atoms in total. The van der Waals surface area contributed by atoms with Gasteiger partial charge in [-0.25, -0.2) is 0 Å². The number of hydrogen-bond donors (Lipinski definition) is 0. The highest BCUT2D eigenvalue weighted by molar-refractivity contribution is 5.31. The molecule has 2 rings (SSSR count). The first-order valence-electron chi connectivity index (χ1n) is 8.25. The van der Waals surface area contributed by atoms with Crippen molar-refractivity contribution < 1.29 is 9.47 Å². The zero-order valence-electron chi connectivity index (χ0n) is 13.7. The van der Waals surface area contributed by atoms with E-state index >= 15 is 0 Å². The molecule has 1 aliphatic heterocycles. The van der Waals surface area contributed by atoms with Crippen LogP contribution in [0.3, 0.4) is 0 Å². The normalized spacial score (nSPS) is 23.0. The lowest BCUT2D eigenvalue weighted by Crippen LogP contribution is -2.39. The molecule has 0 radical (unpaired) electrons. The summed E-state index contributed by atoms with van der Waals surface area (Å²) < 4.78 is 11.2. The Kier molecular flexibility index (Phi) is 6.37. The number of piperidine rings is 1. The number of benzene rings is 1. The van der Waals surface area contributed by atoms with Crippen LogP contribution in [0.15, 0.2) is 24.3 Å². The minimum atomic E-state index is 0.701. The summed E-state index contributed by atoms with van der Waals surface area (Å²) in [5.74, 6) is 3.50. The van der Waals surface area contributed by atoms with Crippen molar-refractivity contribution in [2.45, 2.75) is 33.6 Å². The summed E-state index contributed by atoms with van der Waals surface area (Å²) in [5.41, 5.74) is 0. The van der Waals surface area contributed by atoms with Crippen molar-refractivity contribution in [2.24, 2.45) is 11.8 Å². The Bertz CT molecular complexity index is 394. The van der Waals surface area contributed by atoms with Crippen molar-refractivity contribution in [2.75, 3.05) is 32.8 Å². The molecule has 3 heteroatoms. The van der Waals surface area contributed by atoms with Crippen LogP contribution in [-0.4, -0.2) is 37.7 Å². The molecule has 2 atom stereocenters. The van der Waals surface area contributed by atoms with Crippen LogP contribution in [0.4, 0.5) is 0 Å². The number of hydrogen-bond acceptors (Lipinski definition) is 3. The van der Waals surface area contributed by atoms with E-state index in [0.717, 1.165) is 42.9 Å². The standard InChI is InChI=1S/C18H29NO2/c1-4-20-17-6-8-18(9-7-17)21-11-5-10-19-13-15(2)12-16(3)14-19/h6-9,15-16H,4-5,10-14H2,1-3H3/t15-,16+. The summed E-state index contributed by atoms with van der Waals surface area (Å²) in [7, 11) is 0. The van der Waals surface area contributed by atoms with Crippen LogP contribution in [0, 0.1) is 11.8 Å². The fourth-order valence-corrected chi connectivity index (χ4v) is 3.25. The summed E-state index contributed by atoms with van der Waals surface area (Å²) in [5, 5.41) is 0. The van der Waals surface area contributed by atoms with Crippen LogP contribution >= 0.6 is 0 Å². The zero-order chi connectivity index (χ0) is 15.1. The van der Waals surface area contributed by atoms with Crippen LogP contribution in [0.1, 0.15) is 33.6 Å². The van der Waals surface area contributed by atoms with Crippen molar-refractivity contribution in [1.82, 2.24) is 4.90 Å². The summed E-state index contributed by atoms with van der Waals surface area (Å²) in [6.45, 7) is 11.8. The first kappa shape index (κ1) is 16.2. The lowest BCUT2D eigenvalue weighted by Gasteiger charge is -2.34. The predicted octanol–water partition coefficient (Wildman–Crippen LogP) is 3.83. The van der Waals surface area contributed by atoms with E-state index < -0.39 is 0 Å². The van der Waals surface area contributed by atoms with E-state index in [1.807, 2.05) is 31.2 Å². The van der Waals surface area contributed by atoms with Gasteiger partial charge in [-0.3, -0.25) is 0 Å². The van der Waals surface area contributed by atoms with Crippen molar-refractivity contribution in [1.29, 1.82) is 0 Å². The zero-order valence-corrected chi connectivity index (χ0v) is 13.7.